The van der Waals surface area contributed by atoms with E-state index in [1.807, 2.05) is 85.8 Å². The lowest BCUT2D eigenvalue weighted by atomic mass is 10.00. The molecule has 0 radical (unpaired) electrons. The molecule has 5 aromatic carbocycles. The third kappa shape index (κ3) is 6.57. The highest BCUT2D eigenvalue weighted by Gasteiger charge is 2.30. The van der Waals surface area contributed by atoms with E-state index in [-0.39, 0.29) is 5.91 Å². The van der Waals surface area contributed by atoms with Gasteiger partial charge in [0.2, 0.25) is 0 Å². The molecule has 44 heavy (non-hydrogen) atoms. The fraction of sp³-hybridized carbons (Fsp3) is 0.105. The molecule has 6 nitrogen and oxygen atoms in total. The zero-order chi connectivity index (χ0) is 31.1. The van der Waals surface area contributed by atoms with Crippen LogP contribution in [0.3, 0.4) is 0 Å². The first-order valence-electron chi connectivity index (χ1n) is 14.1. The molecular formula is C38H29N3O3. The minimum absolute atomic E-state index is 0.201. The van der Waals surface area contributed by atoms with Crippen LogP contribution in [0.25, 0.3) is 22.3 Å². The van der Waals surface area contributed by atoms with Crippen LogP contribution in [0, 0.1) is 22.7 Å². The summed E-state index contributed by atoms with van der Waals surface area (Å²) in [5.74, 6) is -0.697. The third-order valence-corrected chi connectivity index (χ3v) is 7.68. The van der Waals surface area contributed by atoms with Crippen LogP contribution in [-0.2, 0) is 4.74 Å². The average molecular weight is 576 g/mol. The number of carbonyl (C=O) groups is 2. The van der Waals surface area contributed by atoms with Gasteiger partial charge in [0.15, 0.2) is 0 Å². The molecule has 0 spiro atoms. The minimum Gasteiger partial charge on any atom is -0.452 e. The van der Waals surface area contributed by atoms with E-state index in [2.05, 4.69) is 12.1 Å². The van der Waals surface area contributed by atoms with Gasteiger partial charge in [-0.1, -0.05) is 78.9 Å². The topological polar surface area (TPSA) is 94.2 Å². The Kier molecular flexibility index (Phi) is 8.94. The summed E-state index contributed by atoms with van der Waals surface area (Å²) in [6.07, 6.45) is -0.714. The van der Waals surface area contributed by atoms with Gasteiger partial charge in [-0.25, -0.2) is 4.79 Å². The molecule has 0 aromatic heterocycles. The molecule has 0 bridgehead atoms. The Morgan fingerprint density at radius 3 is 1.45 bits per heavy atom. The van der Waals surface area contributed by atoms with Gasteiger partial charge in [-0.2, -0.15) is 10.5 Å². The van der Waals surface area contributed by atoms with Crippen LogP contribution in [0.1, 0.15) is 50.4 Å². The molecule has 1 amide bonds. The van der Waals surface area contributed by atoms with Crippen molar-refractivity contribution >= 4 is 11.9 Å². The highest BCUT2D eigenvalue weighted by molar-refractivity contribution is 5.95. The quantitative estimate of drug-likeness (QED) is 0.176. The predicted molar refractivity (Wildman–Crippen MR) is 169 cm³/mol. The molecular weight excluding hydrogens is 546 g/mol. The monoisotopic (exact) mass is 575 g/mol. The van der Waals surface area contributed by atoms with Crippen molar-refractivity contribution in [3.05, 3.63) is 155 Å². The highest BCUT2D eigenvalue weighted by Crippen LogP contribution is 2.28. The second-order valence-corrected chi connectivity index (χ2v) is 10.4. The van der Waals surface area contributed by atoms with Crippen molar-refractivity contribution in [1.29, 1.82) is 10.5 Å². The SMILES string of the molecule is C[C@H]([C@@H](OC(=O)c1ccc(-c2ccc(C#N)cc2)cc1)c1ccccc1)N(C)C(=O)c1ccc(-c2ccc(C#N)cc2)cc1. The van der Waals surface area contributed by atoms with E-state index >= 15 is 0 Å². The molecule has 0 aliphatic rings. The summed E-state index contributed by atoms with van der Waals surface area (Å²) >= 11 is 0. The summed E-state index contributed by atoms with van der Waals surface area (Å²) in [4.78, 5) is 28.5. The Morgan fingerprint density at radius 2 is 1.02 bits per heavy atom. The van der Waals surface area contributed by atoms with Crippen LogP contribution in [0.15, 0.2) is 127 Å². The molecule has 0 heterocycles. The van der Waals surface area contributed by atoms with E-state index in [1.165, 1.54) is 0 Å². The summed E-state index contributed by atoms with van der Waals surface area (Å²) in [5.41, 5.74) is 6.58. The lowest BCUT2D eigenvalue weighted by Crippen LogP contribution is -2.40. The number of likely N-dealkylation sites (N-methyl/N-ethyl adjacent to an activating group) is 1. The Bertz CT molecular complexity index is 1830. The summed E-state index contributed by atoms with van der Waals surface area (Å²) in [7, 11) is 1.71. The Balaban J connectivity index is 1.32. The largest absolute Gasteiger partial charge is 0.452 e. The maximum absolute atomic E-state index is 13.6. The zero-order valence-electron chi connectivity index (χ0n) is 24.3. The van der Waals surface area contributed by atoms with E-state index in [4.69, 9.17) is 15.3 Å². The molecule has 0 aliphatic carbocycles. The molecule has 0 fully saturated rings. The van der Waals surface area contributed by atoms with Gasteiger partial charge >= 0.3 is 5.97 Å². The number of amides is 1. The van der Waals surface area contributed by atoms with Gasteiger partial charge in [0.05, 0.1) is 34.9 Å². The van der Waals surface area contributed by atoms with Gasteiger partial charge in [-0.05, 0) is 83.3 Å². The highest BCUT2D eigenvalue weighted by atomic mass is 16.5. The van der Waals surface area contributed by atoms with E-state index in [0.717, 1.165) is 27.8 Å². The number of rotatable bonds is 8. The Hall–Kier alpha value is -5.98. The van der Waals surface area contributed by atoms with Crippen LogP contribution < -0.4 is 0 Å². The van der Waals surface area contributed by atoms with E-state index in [9.17, 15) is 9.59 Å². The fourth-order valence-corrected chi connectivity index (χ4v) is 4.94. The van der Waals surface area contributed by atoms with Gasteiger partial charge in [0, 0.05) is 12.6 Å². The predicted octanol–water partition coefficient (Wildman–Crippen LogP) is 7.82. The van der Waals surface area contributed by atoms with Crippen LogP contribution in [0.2, 0.25) is 0 Å². The van der Waals surface area contributed by atoms with Gasteiger partial charge < -0.3 is 9.64 Å². The number of hydrogen-bond donors (Lipinski definition) is 0. The van der Waals surface area contributed by atoms with Crippen LogP contribution >= 0.6 is 0 Å². The Labute approximate surface area is 257 Å². The van der Waals surface area contributed by atoms with E-state index < -0.39 is 18.1 Å². The van der Waals surface area contributed by atoms with Crippen molar-refractivity contribution in [1.82, 2.24) is 4.90 Å². The molecule has 0 aliphatic heterocycles. The summed E-state index contributed by atoms with van der Waals surface area (Å²) in [5, 5.41) is 18.1. The third-order valence-electron chi connectivity index (χ3n) is 7.68. The lowest BCUT2D eigenvalue weighted by Gasteiger charge is -2.32. The molecule has 0 unspecified atom stereocenters. The number of hydrogen-bond acceptors (Lipinski definition) is 5. The van der Waals surface area contributed by atoms with Gasteiger partial charge in [0.1, 0.15) is 6.10 Å². The number of nitriles is 2. The molecule has 6 heteroatoms. The van der Waals surface area contributed by atoms with Gasteiger partial charge in [-0.15, -0.1) is 0 Å². The van der Waals surface area contributed by atoms with E-state index in [0.29, 0.717) is 22.3 Å². The molecule has 2 atom stereocenters. The molecule has 5 aromatic rings. The maximum Gasteiger partial charge on any atom is 0.338 e. The zero-order valence-corrected chi connectivity index (χ0v) is 24.3. The maximum atomic E-state index is 13.6. The average Bonchev–Trinajstić information content (AvgIpc) is 3.10. The molecule has 214 valence electrons. The smallest absolute Gasteiger partial charge is 0.338 e. The second kappa shape index (κ2) is 13.3. The molecule has 0 saturated carbocycles. The fourth-order valence-electron chi connectivity index (χ4n) is 4.94. The number of benzene rings is 5. The van der Waals surface area contributed by atoms with Crippen molar-refractivity contribution in [3.8, 4) is 34.4 Å². The molecule has 5 rings (SSSR count). The van der Waals surface area contributed by atoms with Crippen molar-refractivity contribution < 1.29 is 14.3 Å². The van der Waals surface area contributed by atoms with Gasteiger partial charge in [-0.3, -0.25) is 4.79 Å². The first kappa shape index (κ1) is 29.5. The van der Waals surface area contributed by atoms with Crippen molar-refractivity contribution in [2.75, 3.05) is 7.05 Å². The van der Waals surface area contributed by atoms with Crippen molar-refractivity contribution in [2.45, 2.75) is 19.1 Å². The van der Waals surface area contributed by atoms with Crippen LogP contribution in [0.4, 0.5) is 0 Å². The van der Waals surface area contributed by atoms with E-state index in [1.54, 1.807) is 60.5 Å². The van der Waals surface area contributed by atoms with Crippen molar-refractivity contribution in [2.24, 2.45) is 0 Å². The van der Waals surface area contributed by atoms with Crippen LogP contribution in [-0.4, -0.2) is 29.9 Å². The van der Waals surface area contributed by atoms with Crippen LogP contribution in [0.5, 0.6) is 0 Å². The summed E-state index contributed by atoms with van der Waals surface area (Å²) < 4.78 is 6.07. The number of ether oxygens (including phenoxy) is 1. The summed E-state index contributed by atoms with van der Waals surface area (Å²) in [6, 6.07) is 42.1. The standard InChI is InChI=1S/C38H29N3O3/c1-26(41(2)37(42)34-20-16-31(17-21-34)29-12-8-27(24-39)9-13-29)36(33-6-4-3-5-7-33)44-38(43)35-22-18-32(19-23-35)30-14-10-28(25-40)11-15-30/h3-23,26,36H,1-2H3/t26-,36-/m1/s1. The minimum atomic E-state index is -0.714. The molecule has 0 N–H and O–H groups in total. The van der Waals surface area contributed by atoms with Gasteiger partial charge in [0.25, 0.3) is 5.91 Å². The first-order chi connectivity index (χ1) is 21.4. The Morgan fingerprint density at radius 1 is 0.614 bits per heavy atom. The number of carbonyl (C=O) groups excluding carboxylic acids is 2. The first-order valence-corrected chi connectivity index (χ1v) is 14.1. The van der Waals surface area contributed by atoms with Crippen molar-refractivity contribution in [3.63, 3.8) is 0 Å². The number of esters is 1. The number of nitrogens with zero attached hydrogens (tertiary/aromatic N) is 3. The molecule has 0 saturated heterocycles. The summed E-state index contributed by atoms with van der Waals surface area (Å²) in [6.45, 7) is 1.86. The second-order valence-electron chi connectivity index (χ2n) is 10.4. The lowest BCUT2D eigenvalue weighted by molar-refractivity contribution is 0.00566. The normalized spacial score (nSPS) is 11.8.